The number of methoxy groups -OCH3 is 1. The zero-order valence-corrected chi connectivity index (χ0v) is 12.8. The Morgan fingerprint density at radius 1 is 1.17 bits per heavy atom. The van der Waals surface area contributed by atoms with Crippen molar-refractivity contribution in [3.05, 3.63) is 0 Å². The minimum atomic E-state index is -0.925. The van der Waals surface area contributed by atoms with E-state index in [0.717, 1.165) is 43.3 Å². The molecule has 0 saturated carbocycles. The van der Waals surface area contributed by atoms with E-state index in [1.165, 1.54) is 6.54 Å². The number of ether oxygens (including phenoxy) is 1. The van der Waals surface area contributed by atoms with Crippen molar-refractivity contribution < 1.29 is 19.1 Å². The average Bonchev–Trinajstić information content (AvgIpc) is 2.33. The first-order valence-corrected chi connectivity index (χ1v) is 6.90. The van der Waals surface area contributed by atoms with Gasteiger partial charge in [-0.25, -0.2) is 0 Å². The Kier molecular flexibility index (Phi) is 14.1. The Labute approximate surface area is 113 Å². The topological polar surface area (TPSA) is 49.4 Å². The number of likely N-dealkylation sites (N-methyl/N-ethyl adjacent to an activating group) is 1. The number of carboxylic acid groups (broad SMARTS) is 1. The second kappa shape index (κ2) is 12.8. The van der Waals surface area contributed by atoms with Gasteiger partial charge in [0.2, 0.25) is 0 Å². The summed E-state index contributed by atoms with van der Waals surface area (Å²) in [4.78, 5) is 9.85. The van der Waals surface area contributed by atoms with E-state index in [1.807, 2.05) is 0 Å². The summed E-state index contributed by atoms with van der Waals surface area (Å²) in [5.41, 5.74) is 0. The monoisotopic (exact) mass is 261 g/mol. The molecule has 4 heteroatoms. The Bertz CT molecular complexity index is 193. The molecule has 0 aromatic heterocycles. The van der Waals surface area contributed by atoms with Crippen LogP contribution in [0.1, 0.15) is 46.0 Å². The molecule has 0 spiro atoms. The van der Waals surface area contributed by atoms with Gasteiger partial charge in [0.05, 0.1) is 27.2 Å². The second-order valence-corrected chi connectivity index (χ2v) is 5.15. The van der Waals surface area contributed by atoms with Crippen LogP contribution in [-0.4, -0.2) is 51.4 Å². The Hall–Kier alpha value is -0.610. The highest BCUT2D eigenvalue weighted by Crippen LogP contribution is 2.00. The van der Waals surface area contributed by atoms with Crippen LogP contribution in [0.15, 0.2) is 0 Å². The number of hydrogen-bond acceptors (Lipinski definition) is 3. The molecule has 0 amide bonds. The lowest BCUT2D eigenvalue weighted by molar-refractivity contribution is -0.888. The summed E-state index contributed by atoms with van der Waals surface area (Å²) >= 11 is 0. The van der Waals surface area contributed by atoms with E-state index in [2.05, 4.69) is 27.9 Å². The van der Waals surface area contributed by atoms with Crippen LogP contribution in [0.25, 0.3) is 0 Å². The molecule has 0 aliphatic rings. The summed E-state index contributed by atoms with van der Waals surface area (Å²) in [6, 6.07) is 0. The lowest BCUT2D eigenvalue weighted by Gasteiger charge is -2.27. The van der Waals surface area contributed by atoms with Gasteiger partial charge in [0, 0.05) is 13.1 Å². The van der Waals surface area contributed by atoms with Crippen LogP contribution in [0.2, 0.25) is 0 Å². The number of rotatable bonds is 9. The van der Waals surface area contributed by atoms with Crippen molar-refractivity contribution in [3.8, 4) is 0 Å². The highest BCUT2D eigenvalue weighted by molar-refractivity contribution is 5.63. The van der Waals surface area contributed by atoms with Crippen molar-refractivity contribution in [2.75, 3.05) is 40.9 Å². The number of carbonyl (C=O) groups is 1. The van der Waals surface area contributed by atoms with Crippen LogP contribution in [0.5, 0.6) is 0 Å². The van der Waals surface area contributed by atoms with E-state index in [4.69, 9.17) is 4.74 Å². The number of carbonyl (C=O) groups excluding carboxylic acids is 1. The molecule has 18 heavy (non-hydrogen) atoms. The van der Waals surface area contributed by atoms with Gasteiger partial charge in [0.1, 0.15) is 6.54 Å². The molecule has 0 aromatic carbocycles. The molecule has 0 aliphatic heterocycles. The van der Waals surface area contributed by atoms with Crippen LogP contribution in [0.3, 0.4) is 0 Å². The lowest BCUT2D eigenvalue weighted by atomic mass is 10.2. The van der Waals surface area contributed by atoms with E-state index >= 15 is 0 Å². The molecule has 0 saturated heterocycles. The van der Waals surface area contributed by atoms with Gasteiger partial charge in [-0.2, -0.15) is 0 Å². The maximum absolute atomic E-state index is 9.85. The molecule has 0 radical (unpaired) electrons. The summed E-state index contributed by atoms with van der Waals surface area (Å²) in [6.45, 7) is 7.42. The Morgan fingerprint density at radius 2 is 1.78 bits per heavy atom. The number of nitrogens with zero attached hydrogens (tertiary/aromatic N) is 1. The van der Waals surface area contributed by atoms with Crippen molar-refractivity contribution >= 4 is 5.97 Å². The third-order valence-electron chi connectivity index (χ3n) is 2.99. The van der Waals surface area contributed by atoms with E-state index in [1.54, 1.807) is 7.11 Å². The van der Waals surface area contributed by atoms with Crippen LogP contribution >= 0.6 is 0 Å². The van der Waals surface area contributed by atoms with E-state index in [9.17, 15) is 9.90 Å². The first-order chi connectivity index (χ1) is 8.39. The molecule has 0 fully saturated rings. The maximum Gasteiger partial charge on any atom is 0.102 e. The fraction of sp³-hybridized carbons (Fsp3) is 0.929. The quantitative estimate of drug-likeness (QED) is 0.466. The number of aliphatic carboxylic acids is 1. The van der Waals surface area contributed by atoms with Crippen LogP contribution in [0, 0.1) is 0 Å². The average molecular weight is 261 g/mol. The van der Waals surface area contributed by atoms with Gasteiger partial charge in [0.15, 0.2) is 0 Å². The smallest absolute Gasteiger partial charge is 0.102 e. The van der Waals surface area contributed by atoms with Gasteiger partial charge in [-0.1, -0.05) is 26.2 Å². The minimum absolute atomic E-state index is 0.222. The molecule has 0 bridgehead atoms. The number of unbranched alkanes of at least 4 members (excludes halogenated alkanes) is 3. The molecular weight excluding hydrogens is 230 g/mol. The van der Waals surface area contributed by atoms with Crippen molar-refractivity contribution in [1.82, 2.24) is 0 Å². The fourth-order valence-electron chi connectivity index (χ4n) is 1.19. The lowest BCUT2D eigenvalue weighted by Crippen LogP contribution is -2.41. The molecule has 0 aliphatic carbocycles. The maximum atomic E-state index is 9.85. The van der Waals surface area contributed by atoms with Crippen molar-refractivity contribution in [2.24, 2.45) is 0 Å². The summed E-state index contributed by atoms with van der Waals surface area (Å²) < 4.78 is 6.01. The standard InChI is InChI=1S/C7H18NO.C7H14O2/c1-5-8(2,3)6-7-9-4;1-2-3-4-5-6-7(8)9/h5-7H2,1-4H3;2-6H2,1H3,(H,8,9)/q+1;/p-1. The molecule has 0 aromatic rings. The van der Waals surface area contributed by atoms with Crippen molar-refractivity contribution in [1.29, 1.82) is 0 Å². The van der Waals surface area contributed by atoms with Gasteiger partial charge in [-0.3, -0.25) is 0 Å². The van der Waals surface area contributed by atoms with Crippen molar-refractivity contribution in [2.45, 2.75) is 46.0 Å². The molecule has 4 nitrogen and oxygen atoms in total. The summed E-state index contributed by atoms with van der Waals surface area (Å²) in [6.07, 6.45) is 4.29. The van der Waals surface area contributed by atoms with Gasteiger partial charge in [0.25, 0.3) is 0 Å². The Morgan fingerprint density at radius 3 is 2.17 bits per heavy atom. The molecule has 0 N–H and O–H groups in total. The van der Waals surface area contributed by atoms with E-state index in [-0.39, 0.29) is 6.42 Å². The van der Waals surface area contributed by atoms with Gasteiger partial charge >= 0.3 is 0 Å². The first kappa shape index (κ1) is 19.7. The van der Waals surface area contributed by atoms with Crippen molar-refractivity contribution in [3.63, 3.8) is 0 Å². The number of carboxylic acids is 1. The van der Waals surface area contributed by atoms with Gasteiger partial charge in [-0.05, 0) is 19.8 Å². The van der Waals surface area contributed by atoms with E-state index < -0.39 is 5.97 Å². The predicted octanol–water partition coefficient (Wildman–Crippen LogP) is 1.44. The number of quaternary nitrogens is 1. The predicted molar refractivity (Wildman–Crippen MR) is 73.2 cm³/mol. The van der Waals surface area contributed by atoms with Gasteiger partial charge in [-0.15, -0.1) is 0 Å². The number of hydrogen-bond donors (Lipinski definition) is 0. The summed E-state index contributed by atoms with van der Waals surface area (Å²) in [5, 5.41) is 9.85. The van der Waals surface area contributed by atoms with Crippen LogP contribution in [0.4, 0.5) is 0 Å². The Balaban J connectivity index is 0. The molecule has 0 heterocycles. The zero-order valence-electron chi connectivity index (χ0n) is 12.8. The van der Waals surface area contributed by atoms with Gasteiger partial charge < -0.3 is 19.1 Å². The third-order valence-corrected chi connectivity index (χ3v) is 2.99. The fourth-order valence-corrected chi connectivity index (χ4v) is 1.19. The first-order valence-electron chi connectivity index (χ1n) is 6.90. The largest absolute Gasteiger partial charge is 0.550 e. The normalized spacial score (nSPS) is 10.7. The second-order valence-electron chi connectivity index (χ2n) is 5.15. The summed E-state index contributed by atoms with van der Waals surface area (Å²) in [7, 11) is 6.16. The molecule has 0 atom stereocenters. The molecular formula is C14H31NO3. The molecule has 0 unspecified atom stereocenters. The highest BCUT2D eigenvalue weighted by Gasteiger charge is 2.09. The SMILES string of the molecule is CCCCCCC(=O)[O-].CC[N+](C)(C)CCOC. The third kappa shape index (κ3) is 17.8. The molecule has 0 rings (SSSR count). The summed E-state index contributed by atoms with van der Waals surface area (Å²) in [5.74, 6) is -0.925. The van der Waals surface area contributed by atoms with Crippen LogP contribution in [-0.2, 0) is 9.53 Å². The van der Waals surface area contributed by atoms with E-state index in [0.29, 0.717) is 0 Å². The van der Waals surface area contributed by atoms with Crippen LogP contribution < -0.4 is 5.11 Å². The molecule has 110 valence electrons. The highest BCUT2D eigenvalue weighted by atomic mass is 16.5. The zero-order chi connectivity index (χ0) is 14.4. The minimum Gasteiger partial charge on any atom is -0.550 e.